The summed E-state index contributed by atoms with van der Waals surface area (Å²) in [6.45, 7) is 0.785. The summed E-state index contributed by atoms with van der Waals surface area (Å²) in [7, 11) is 1.89. The molecule has 2 rings (SSSR count). The monoisotopic (exact) mass is 253 g/mol. The van der Waals surface area contributed by atoms with E-state index in [0.717, 1.165) is 18.2 Å². The number of rotatable bonds is 4. The molecule has 1 aromatic rings. The van der Waals surface area contributed by atoms with E-state index in [1.54, 1.807) is 0 Å². The number of nitrogens with one attached hydrogen (secondary N) is 1. The molecule has 0 heterocycles. The van der Waals surface area contributed by atoms with Crippen LogP contribution in [0.25, 0.3) is 0 Å². The van der Waals surface area contributed by atoms with Crippen LogP contribution < -0.4 is 5.32 Å². The third-order valence-corrected chi connectivity index (χ3v) is 3.96. The summed E-state index contributed by atoms with van der Waals surface area (Å²) in [4.78, 5) is 0. The first-order valence-electron chi connectivity index (χ1n) is 6.81. The molecular weight excluding hydrogens is 232 g/mol. The van der Waals surface area contributed by atoms with Crippen LogP contribution in [0.5, 0.6) is 0 Å². The van der Waals surface area contributed by atoms with Crippen molar-refractivity contribution in [2.24, 2.45) is 5.92 Å². The van der Waals surface area contributed by atoms with Gasteiger partial charge in [-0.15, -0.1) is 0 Å². The van der Waals surface area contributed by atoms with Crippen molar-refractivity contribution in [2.75, 3.05) is 13.6 Å². The third-order valence-electron chi connectivity index (χ3n) is 3.96. The summed E-state index contributed by atoms with van der Waals surface area (Å²) in [5, 5.41) is 3.16. The molecule has 1 aromatic carbocycles. The van der Waals surface area contributed by atoms with Crippen molar-refractivity contribution >= 4 is 0 Å². The molecule has 1 N–H and O–H groups in total. The van der Waals surface area contributed by atoms with Crippen molar-refractivity contribution in [1.82, 2.24) is 5.32 Å². The fourth-order valence-corrected chi connectivity index (χ4v) is 3.10. The van der Waals surface area contributed by atoms with Crippen molar-refractivity contribution in [3.05, 3.63) is 35.4 Å². The molecule has 1 atom stereocenters. The van der Waals surface area contributed by atoms with E-state index in [1.165, 1.54) is 44.2 Å². The van der Waals surface area contributed by atoms with Gasteiger partial charge in [0.25, 0.3) is 0 Å². The lowest BCUT2D eigenvalue weighted by Gasteiger charge is -2.30. The van der Waals surface area contributed by atoms with Crippen molar-refractivity contribution in [1.29, 1.82) is 0 Å². The number of likely N-dealkylation sites (N-methyl/N-ethyl adjacent to an activating group) is 1. The average molecular weight is 253 g/mol. The second-order valence-corrected chi connectivity index (χ2v) is 5.27. The molecule has 1 saturated carbocycles. The minimum atomic E-state index is -0.470. The van der Waals surface area contributed by atoms with Crippen molar-refractivity contribution in [2.45, 2.75) is 38.0 Å². The minimum Gasteiger partial charge on any atom is -0.319 e. The second kappa shape index (κ2) is 6.28. The van der Waals surface area contributed by atoms with Gasteiger partial charge in [0.2, 0.25) is 0 Å². The van der Waals surface area contributed by atoms with Crippen LogP contribution >= 0.6 is 0 Å². The molecule has 1 aliphatic carbocycles. The summed E-state index contributed by atoms with van der Waals surface area (Å²) in [5.41, 5.74) is 0.800. The summed E-state index contributed by atoms with van der Waals surface area (Å²) in [6, 6.07) is 3.92. The average Bonchev–Trinajstić information content (AvgIpc) is 2.36. The Morgan fingerprint density at radius 2 is 1.72 bits per heavy atom. The van der Waals surface area contributed by atoms with Crippen LogP contribution in [-0.4, -0.2) is 13.6 Å². The predicted molar refractivity (Wildman–Crippen MR) is 69.6 cm³/mol. The van der Waals surface area contributed by atoms with Crippen LogP contribution in [0.15, 0.2) is 18.2 Å². The van der Waals surface area contributed by atoms with E-state index < -0.39 is 11.6 Å². The standard InChI is InChI=1S/C15H21F2N/c1-18-10-15(11-5-3-2-4-6-11)12-7-13(16)9-14(17)8-12/h7-9,11,15,18H,2-6,10H2,1H3. The third kappa shape index (κ3) is 3.29. The molecular formula is C15H21F2N. The van der Waals surface area contributed by atoms with E-state index in [9.17, 15) is 8.78 Å². The summed E-state index contributed by atoms with van der Waals surface area (Å²) >= 11 is 0. The molecule has 0 aliphatic heterocycles. The summed E-state index contributed by atoms with van der Waals surface area (Å²) in [5.74, 6) is -0.170. The molecule has 1 unspecified atom stereocenters. The number of halogens is 2. The summed E-state index contributed by atoms with van der Waals surface area (Å²) < 4.78 is 26.7. The van der Waals surface area contributed by atoms with Crippen molar-refractivity contribution in [3.63, 3.8) is 0 Å². The van der Waals surface area contributed by atoms with Crippen molar-refractivity contribution in [3.8, 4) is 0 Å². The summed E-state index contributed by atoms with van der Waals surface area (Å²) in [6.07, 6.45) is 6.11. The molecule has 0 aromatic heterocycles. The lowest BCUT2D eigenvalue weighted by Crippen LogP contribution is -2.26. The fraction of sp³-hybridized carbons (Fsp3) is 0.600. The van der Waals surface area contributed by atoms with Crippen LogP contribution in [0, 0.1) is 17.6 Å². The molecule has 0 spiro atoms. The molecule has 0 radical (unpaired) electrons. The first-order chi connectivity index (χ1) is 8.70. The Morgan fingerprint density at radius 3 is 2.28 bits per heavy atom. The van der Waals surface area contributed by atoms with Crippen LogP contribution in [0.1, 0.15) is 43.6 Å². The highest BCUT2D eigenvalue weighted by Gasteiger charge is 2.25. The van der Waals surface area contributed by atoms with Crippen LogP contribution in [-0.2, 0) is 0 Å². The van der Waals surface area contributed by atoms with Gasteiger partial charge in [0, 0.05) is 12.6 Å². The van der Waals surface area contributed by atoms with Gasteiger partial charge in [0.1, 0.15) is 11.6 Å². The molecule has 1 aliphatic rings. The van der Waals surface area contributed by atoms with Gasteiger partial charge in [-0.1, -0.05) is 19.3 Å². The Bertz CT molecular complexity index is 366. The van der Waals surface area contributed by atoms with Gasteiger partial charge in [0.05, 0.1) is 0 Å². The van der Waals surface area contributed by atoms with E-state index in [4.69, 9.17) is 0 Å². The molecule has 100 valence electrons. The van der Waals surface area contributed by atoms with Gasteiger partial charge in [-0.2, -0.15) is 0 Å². The van der Waals surface area contributed by atoms with Crippen LogP contribution in [0.2, 0.25) is 0 Å². The highest BCUT2D eigenvalue weighted by molar-refractivity contribution is 5.23. The maximum Gasteiger partial charge on any atom is 0.126 e. The first kappa shape index (κ1) is 13.5. The maximum atomic E-state index is 13.3. The van der Waals surface area contributed by atoms with E-state index in [-0.39, 0.29) is 5.92 Å². The second-order valence-electron chi connectivity index (χ2n) is 5.27. The predicted octanol–water partition coefficient (Wildman–Crippen LogP) is 3.85. The highest BCUT2D eigenvalue weighted by Crippen LogP contribution is 2.36. The largest absolute Gasteiger partial charge is 0.319 e. The van der Waals surface area contributed by atoms with Gasteiger partial charge in [0.15, 0.2) is 0 Å². The van der Waals surface area contributed by atoms with Crippen LogP contribution in [0.4, 0.5) is 8.78 Å². The molecule has 1 fully saturated rings. The van der Waals surface area contributed by atoms with Crippen LogP contribution in [0.3, 0.4) is 0 Å². The van der Waals surface area contributed by atoms with Gasteiger partial charge in [-0.25, -0.2) is 8.78 Å². The fourth-order valence-electron chi connectivity index (χ4n) is 3.10. The number of hydrogen-bond donors (Lipinski definition) is 1. The van der Waals surface area contributed by atoms with E-state index in [2.05, 4.69) is 5.32 Å². The molecule has 1 nitrogen and oxygen atoms in total. The Labute approximate surface area is 108 Å². The Kier molecular flexibility index (Phi) is 4.70. The molecule has 3 heteroatoms. The van der Waals surface area contributed by atoms with Gasteiger partial charge >= 0.3 is 0 Å². The normalized spacial score (nSPS) is 18.8. The van der Waals surface area contributed by atoms with E-state index >= 15 is 0 Å². The quantitative estimate of drug-likeness (QED) is 0.859. The molecule has 0 bridgehead atoms. The van der Waals surface area contributed by atoms with E-state index in [1.807, 2.05) is 7.05 Å². The smallest absolute Gasteiger partial charge is 0.126 e. The lowest BCUT2D eigenvalue weighted by atomic mass is 9.76. The minimum absolute atomic E-state index is 0.223. The number of hydrogen-bond acceptors (Lipinski definition) is 1. The Hall–Kier alpha value is -0.960. The van der Waals surface area contributed by atoms with Gasteiger partial charge in [-0.3, -0.25) is 0 Å². The molecule has 0 saturated heterocycles. The van der Waals surface area contributed by atoms with Crippen molar-refractivity contribution < 1.29 is 8.78 Å². The molecule has 0 amide bonds. The highest BCUT2D eigenvalue weighted by atomic mass is 19.1. The number of benzene rings is 1. The van der Waals surface area contributed by atoms with Gasteiger partial charge < -0.3 is 5.32 Å². The topological polar surface area (TPSA) is 12.0 Å². The zero-order chi connectivity index (χ0) is 13.0. The lowest BCUT2D eigenvalue weighted by molar-refractivity contribution is 0.299. The zero-order valence-electron chi connectivity index (χ0n) is 10.9. The Morgan fingerprint density at radius 1 is 1.11 bits per heavy atom. The Balaban J connectivity index is 2.22. The van der Waals surface area contributed by atoms with Gasteiger partial charge in [-0.05, 0) is 49.4 Å². The van der Waals surface area contributed by atoms with E-state index in [0.29, 0.717) is 5.92 Å². The first-order valence-corrected chi connectivity index (χ1v) is 6.81. The zero-order valence-corrected chi connectivity index (χ0v) is 10.9. The maximum absolute atomic E-state index is 13.3. The molecule has 18 heavy (non-hydrogen) atoms. The SMILES string of the molecule is CNCC(c1cc(F)cc(F)c1)C1CCCCC1.